The summed E-state index contributed by atoms with van der Waals surface area (Å²) in [4.78, 5) is 7.71. The number of anilines is 2. The maximum atomic E-state index is 9.10. The van der Waals surface area contributed by atoms with Gasteiger partial charge in [-0.3, -0.25) is 0 Å². The Morgan fingerprint density at radius 3 is 1.98 bits per heavy atom. The monoisotopic (exact) mass is 1040 g/mol. The van der Waals surface area contributed by atoms with Crippen LogP contribution < -0.4 is 15.0 Å². The van der Waals surface area contributed by atoms with Gasteiger partial charge in [0.2, 0.25) is 0 Å². The summed E-state index contributed by atoms with van der Waals surface area (Å²) in [5.74, 6) is 1.83. The van der Waals surface area contributed by atoms with Crippen molar-refractivity contribution in [1.82, 2.24) is 18.6 Å². The molecule has 11 aromatic rings. The van der Waals surface area contributed by atoms with Gasteiger partial charge in [-0.05, 0) is 6.07 Å². The molecule has 0 saturated carbocycles. The van der Waals surface area contributed by atoms with Gasteiger partial charge < -0.3 is 0 Å². The molecule has 3 aromatic heterocycles. The molecule has 0 N–H and O–H groups in total. The Labute approximate surface area is 402 Å². The van der Waals surface area contributed by atoms with Crippen molar-refractivity contribution in [2.24, 2.45) is 0 Å². The number of para-hydroxylation sites is 5. The molecule has 6 nitrogen and oxygen atoms in total. The van der Waals surface area contributed by atoms with Crippen molar-refractivity contribution in [3.63, 3.8) is 0 Å². The van der Waals surface area contributed by atoms with Crippen molar-refractivity contribution < 1.29 is 30.9 Å². The van der Waals surface area contributed by atoms with E-state index in [9.17, 15) is 0 Å². The predicted molar refractivity (Wildman–Crippen MR) is 269 cm³/mol. The van der Waals surface area contributed by atoms with Gasteiger partial charge in [-0.1, -0.05) is 60.7 Å². The minimum atomic E-state index is -0.434. The fourth-order valence-electron chi connectivity index (χ4n) is 9.60. The molecule has 1 aliphatic heterocycles. The van der Waals surface area contributed by atoms with Crippen molar-refractivity contribution >= 4 is 56.8 Å². The Balaban J connectivity index is 1.01. The third-order valence-corrected chi connectivity index (χ3v) is 13.6. The summed E-state index contributed by atoms with van der Waals surface area (Å²) in [6.45, 7) is 6.42. The van der Waals surface area contributed by atoms with Crippen LogP contribution in [0.15, 0.2) is 212 Å². The van der Waals surface area contributed by atoms with E-state index in [-0.39, 0.29) is 42.1 Å². The average molecular weight is 1040 g/mol. The molecular formula is C58H44BN5OPt. The van der Waals surface area contributed by atoms with E-state index >= 15 is 0 Å². The van der Waals surface area contributed by atoms with E-state index in [1.807, 2.05) is 97.1 Å². The second-order valence-electron chi connectivity index (χ2n) is 17.6. The second kappa shape index (κ2) is 15.9. The molecule has 1 aliphatic rings. The third kappa shape index (κ3) is 6.60. The Hall–Kier alpha value is -7.47. The molecule has 0 spiro atoms. The Morgan fingerprint density at radius 1 is 0.591 bits per heavy atom. The predicted octanol–water partition coefficient (Wildman–Crippen LogP) is 13.8. The first-order chi connectivity index (χ1) is 34.4. The van der Waals surface area contributed by atoms with E-state index in [1.54, 1.807) is 0 Å². The van der Waals surface area contributed by atoms with Crippen molar-refractivity contribution in [2.45, 2.75) is 26.2 Å². The van der Waals surface area contributed by atoms with Gasteiger partial charge in [-0.15, -0.1) is 0 Å². The summed E-state index contributed by atoms with van der Waals surface area (Å²) in [5, 5.41) is 2.42. The van der Waals surface area contributed by atoms with Crippen LogP contribution in [0.4, 0.5) is 11.5 Å². The van der Waals surface area contributed by atoms with Gasteiger partial charge in [0.05, 0.1) is 0 Å². The van der Waals surface area contributed by atoms with Gasteiger partial charge in [0, 0.05) is 16.3 Å². The van der Waals surface area contributed by atoms with Crippen LogP contribution in [0.25, 0.3) is 66.5 Å². The topological polar surface area (TPSA) is 40.1 Å². The zero-order valence-electron chi connectivity index (χ0n) is 41.4. The number of rotatable bonds is 8. The number of benzene rings is 8. The van der Waals surface area contributed by atoms with Gasteiger partial charge in [0.1, 0.15) is 0 Å². The van der Waals surface area contributed by atoms with E-state index < -0.39 is 6.04 Å². The van der Waals surface area contributed by atoms with Crippen LogP contribution in [0.3, 0.4) is 0 Å². The number of aromatic nitrogens is 4. The molecule has 0 fully saturated rings. The summed E-state index contributed by atoms with van der Waals surface area (Å²) >= 11 is 2.34. The summed E-state index contributed by atoms with van der Waals surface area (Å²) in [6, 6.07) is 60.1. The van der Waals surface area contributed by atoms with Crippen LogP contribution in [0.1, 0.15) is 33.2 Å². The van der Waals surface area contributed by atoms with Crippen LogP contribution in [-0.2, 0) is 24.8 Å². The molecule has 66 heavy (non-hydrogen) atoms. The number of imidazole rings is 1. The number of hydrogen-bond acceptors (Lipinski definition) is 3. The molecule has 0 bridgehead atoms. The quantitative estimate of drug-likeness (QED) is 0.142. The Morgan fingerprint density at radius 2 is 1.23 bits per heavy atom. The molecule has 4 heterocycles. The maximum absolute atomic E-state index is 9.10. The molecule has 0 atom stereocenters. The van der Waals surface area contributed by atoms with Gasteiger partial charge in [0.25, 0.3) is 0 Å². The van der Waals surface area contributed by atoms with Gasteiger partial charge in [-0.25, -0.2) is 0 Å². The minimum absolute atomic E-state index is 0.131. The molecule has 12 rings (SSSR count). The SMILES string of the molecule is [2H]c1c([2H])c([2H])c(-c2cccc(-c3ccccc3)c2-n2[c](=[Pt])n(-c3cccc(Oc4cc(C(C)(C)C)cc(N5B(c6ccccc6)n6c7ccccc7c7cccc5c76)n4)c3)c3ccccc32)c([2H])c1[2H]. The van der Waals surface area contributed by atoms with Gasteiger partial charge >= 0.3 is 321 Å². The molecule has 8 heteroatoms. The van der Waals surface area contributed by atoms with Crippen LogP contribution in [-0.4, -0.2) is 25.6 Å². The number of ether oxygens (including phenoxy) is 1. The first-order valence-corrected chi connectivity index (χ1v) is 23.1. The molecular weight excluding hydrogens is 989 g/mol. The van der Waals surface area contributed by atoms with E-state index in [4.69, 9.17) is 16.6 Å². The number of nitrogens with zero attached hydrogens (tertiary/aromatic N) is 5. The van der Waals surface area contributed by atoms with Crippen molar-refractivity contribution in [3.8, 4) is 45.3 Å². The average Bonchev–Trinajstić information content (AvgIpc) is 4.02. The van der Waals surface area contributed by atoms with Crippen LogP contribution in [0, 0.1) is 3.80 Å². The fraction of sp³-hybridized carbons (Fsp3) is 0.0690. The Kier molecular flexibility index (Phi) is 8.40. The van der Waals surface area contributed by atoms with Gasteiger partial charge in [-0.2, -0.15) is 0 Å². The molecule has 8 aromatic carbocycles. The summed E-state index contributed by atoms with van der Waals surface area (Å²) in [6.07, 6.45) is 0. The second-order valence-corrected chi connectivity index (χ2v) is 18.6. The first-order valence-electron chi connectivity index (χ1n) is 24.5. The van der Waals surface area contributed by atoms with Crippen LogP contribution >= 0.6 is 0 Å². The van der Waals surface area contributed by atoms with Crippen LogP contribution in [0.2, 0.25) is 0 Å². The molecule has 0 aliphatic carbocycles. The zero-order chi connectivity index (χ0) is 48.9. The zero-order valence-corrected chi connectivity index (χ0v) is 38.6. The van der Waals surface area contributed by atoms with E-state index in [1.165, 1.54) is 16.3 Å². The summed E-state index contributed by atoms with van der Waals surface area (Å²) in [5.41, 5.74) is 11.0. The third-order valence-electron chi connectivity index (χ3n) is 12.6. The number of fused-ring (bicyclic) bond motifs is 4. The van der Waals surface area contributed by atoms with Gasteiger partial charge in [0.15, 0.2) is 0 Å². The number of hydrogen-bond donors (Lipinski definition) is 0. The van der Waals surface area contributed by atoms with Crippen molar-refractivity contribution in [1.29, 1.82) is 0 Å². The molecule has 320 valence electrons. The van der Waals surface area contributed by atoms with E-state index in [0.29, 0.717) is 22.9 Å². The standard InChI is InChI=1S/C58H44BN5O.Pt/c1-58(2,3)42-36-54(63-53-35-19-31-49-48-28-13-14-32-50(48)64(57(49)53)59(63)43-24-11-6-12-25-43)60-55(37-42)65-45-27-17-26-44(38-45)61-39-62(52-34-16-15-33-51(52)61)56-46(40-20-7-4-8-21-40)29-18-30-47(56)41-22-9-5-10-23-41;/h4-38H,1-3H3;/i4D,7D,8D,20D,21D;. The normalized spacial score (nSPS) is 13.6. The number of pyridine rings is 1. The van der Waals surface area contributed by atoms with E-state index in [0.717, 1.165) is 59.7 Å². The van der Waals surface area contributed by atoms with Crippen molar-refractivity contribution in [2.75, 3.05) is 4.81 Å². The summed E-state index contributed by atoms with van der Waals surface area (Å²) in [7, 11) is 0. The van der Waals surface area contributed by atoms with E-state index in [2.05, 4.69) is 143 Å². The first kappa shape index (κ1) is 34.9. The molecule has 0 radical (unpaired) electrons. The fourth-order valence-corrected chi connectivity index (χ4v) is 10.7. The molecule has 0 unspecified atom stereocenters. The molecule has 0 amide bonds. The summed E-state index contributed by atoms with van der Waals surface area (Å²) < 4.78 is 58.3. The molecule has 0 saturated heterocycles. The van der Waals surface area contributed by atoms with Crippen LogP contribution in [0.5, 0.6) is 11.6 Å². The Bertz CT molecular complexity index is 3990. The van der Waals surface area contributed by atoms with Crippen molar-refractivity contribution in [3.05, 3.63) is 222 Å².